The predicted octanol–water partition coefficient (Wildman–Crippen LogP) is 3.13. The summed E-state index contributed by atoms with van der Waals surface area (Å²) in [5, 5.41) is 3.12. The molecule has 2 aliphatic rings. The number of halogens is 3. The molecule has 0 amide bonds. The van der Waals surface area contributed by atoms with E-state index in [9.17, 15) is 21.6 Å². The number of ether oxygens (including phenoxy) is 1. The highest BCUT2D eigenvalue weighted by Crippen LogP contribution is 2.57. The zero-order valence-electron chi connectivity index (χ0n) is 16.2. The van der Waals surface area contributed by atoms with Crippen LogP contribution in [0.25, 0.3) is 0 Å². The van der Waals surface area contributed by atoms with E-state index in [1.807, 2.05) is 6.92 Å². The summed E-state index contributed by atoms with van der Waals surface area (Å²) >= 11 is 0. The molecule has 1 aliphatic heterocycles. The van der Waals surface area contributed by atoms with Gasteiger partial charge in [-0.1, -0.05) is 17.7 Å². The van der Waals surface area contributed by atoms with E-state index < -0.39 is 21.7 Å². The van der Waals surface area contributed by atoms with Gasteiger partial charge in [-0.05, 0) is 31.9 Å². The smallest absolute Gasteiger partial charge is 0.397 e. The molecule has 0 bridgehead atoms. The van der Waals surface area contributed by atoms with Gasteiger partial charge in [-0.25, -0.2) is 4.98 Å². The summed E-state index contributed by atoms with van der Waals surface area (Å²) in [7, 11) is -4.02. The average molecular weight is 445 g/mol. The Balaban J connectivity index is 0.000000199. The highest BCUT2D eigenvalue weighted by atomic mass is 32.2. The van der Waals surface area contributed by atoms with Gasteiger partial charge in [0, 0.05) is 19.0 Å². The number of aryl methyl sites for hydroxylation is 1. The average Bonchev–Trinajstić information content (AvgIpc) is 3.41. The topological polar surface area (TPSA) is 101 Å². The molecule has 30 heavy (non-hydrogen) atoms. The molecule has 7 nitrogen and oxygen atoms in total. The van der Waals surface area contributed by atoms with E-state index in [1.165, 1.54) is 18.3 Å². The maximum absolute atomic E-state index is 12.7. The lowest BCUT2D eigenvalue weighted by Crippen LogP contribution is -2.40. The fourth-order valence-electron chi connectivity index (χ4n) is 2.69. The Labute approximate surface area is 172 Å². The Morgan fingerprint density at radius 1 is 1.17 bits per heavy atom. The molecule has 0 atom stereocenters. The van der Waals surface area contributed by atoms with Crippen molar-refractivity contribution in [3.05, 3.63) is 47.9 Å². The van der Waals surface area contributed by atoms with Crippen LogP contribution >= 0.6 is 0 Å². The number of alkyl halides is 3. The quantitative estimate of drug-likeness (QED) is 0.682. The van der Waals surface area contributed by atoms with Crippen molar-refractivity contribution in [2.75, 3.05) is 19.7 Å². The lowest BCUT2D eigenvalue weighted by Gasteiger charge is -2.26. The van der Waals surface area contributed by atoms with Crippen molar-refractivity contribution in [3.8, 4) is 5.88 Å². The summed E-state index contributed by atoms with van der Waals surface area (Å²) < 4.78 is 72.8. The Morgan fingerprint density at radius 3 is 2.20 bits per heavy atom. The molecule has 1 aromatic heterocycles. The van der Waals surface area contributed by atoms with Gasteiger partial charge in [-0.15, -0.1) is 0 Å². The molecule has 2 heterocycles. The first-order valence-electron chi connectivity index (χ1n) is 9.27. The van der Waals surface area contributed by atoms with Crippen LogP contribution in [0.3, 0.4) is 0 Å². The number of hydrogen-bond donors (Lipinski definition) is 2. The van der Waals surface area contributed by atoms with Crippen LogP contribution in [0.4, 0.5) is 13.2 Å². The van der Waals surface area contributed by atoms with Crippen molar-refractivity contribution in [1.29, 1.82) is 0 Å². The van der Waals surface area contributed by atoms with Crippen LogP contribution in [0.15, 0.2) is 41.6 Å². The standard InChI is InChI=1S/C12H14F3N3O.C7H8O3S/c13-12(14,15)11(1-2-11)7-19-10-6-17-9(5-18-10)8-3-16-4-8;1-6-2-4-7(5-3-6)11(8,9)10/h5-6,8,16H,1-4,7H2;2-5H,1H3,(H,8,9,10). The Bertz CT molecular complexity index is 956. The number of aromatic nitrogens is 2. The number of rotatable bonds is 5. The number of nitrogens with one attached hydrogen (secondary N) is 1. The summed E-state index contributed by atoms with van der Waals surface area (Å²) in [6.07, 6.45) is -0.947. The minimum atomic E-state index is -4.20. The zero-order valence-corrected chi connectivity index (χ0v) is 17.0. The van der Waals surface area contributed by atoms with E-state index in [0.717, 1.165) is 24.3 Å². The van der Waals surface area contributed by atoms with Crippen LogP contribution in [0.2, 0.25) is 0 Å². The molecule has 0 spiro atoms. The summed E-state index contributed by atoms with van der Waals surface area (Å²) in [4.78, 5) is 8.12. The van der Waals surface area contributed by atoms with E-state index in [0.29, 0.717) is 5.92 Å². The Kier molecular flexibility index (Phi) is 6.34. The van der Waals surface area contributed by atoms with Crippen molar-refractivity contribution < 1.29 is 30.9 Å². The fraction of sp³-hybridized carbons (Fsp3) is 0.474. The highest BCUT2D eigenvalue weighted by Gasteiger charge is 2.63. The molecule has 1 aromatic carbocycles. The third-order valence-electron chi connectivity index (χ3n) is 5.12. The second-order valence-corrected chi connectivity index (χ2v) is 8.91. The van der Waals surface area contributed by atoms with Crippen molar-refractivity contribution in [2.45, 2.75) is 36.8 Å². The van der Waals surface area contributed by atoms with Crippen molar-refractivity contribution >= 4 is 10.1 Å². The van der Waals surface area contributed by atoms with Crippen LogP contribution < -0.4 is 10.1 Å². The fourth-order valence-corrected chi connectivity index (χ4v) is 3.17. The molecular weight excluding hydrogens is 423 g/mol. The van der Waals surface area contributed by atoms with E-state index in [2.05, 4.69) is 15.3 Å². The first-order valence-corrected chi connectivity index (χ1v) is 10.7. The second kappa shape index (κ2) is 8.48. The van der Waals surface area contributed by atoms with Gasteiger partial charge >= 0.3 is 6.18 Å². The minimum Gasteiger partial charge on any atom is -0.476 e. The van der Waals surface area contributed by atoms with Gasteiger partial charge in [0.2, 0.25) is 5.88 Å². The van der Waals surface area contributed by atoms with Crippen LogP contribution in [0, 0.1) is 12.3 Å². The summed E-state index contributed by atoms with van der Waals surface area (Å²) in [6, 6.07) is 5.99. The normalized spacial score (nSPS) is 18.0. The summed E-state index contributed by atoms with van der Waals surface area (Å²) in [6.45, 7) is 3.21. The molecule has 2 fully saturated rings. The van der Waals surface area contributed by atoms with E-state index >= 15 is 0 Å². The first kappa shape index (κ1) is 22.4. The van der Waals surface area contributed by atoms with Gasteiger partial charge in [-0.2, -0.15) is 21.6 Å². The van der Waals surface area contributed by atoms with Crippen LogP contribution in [-0.2, 0) is 10.1 Å². The summed E-state index contributed by atoms with van der Waals surface area (Å²) in [5.74, 6) is 0.512. The molecule has 1 saturated carbocycles. The van der Waals surface area contributed by atoms with E-state index in [4.69, 9.17) is 9.29 Å². The molecule has 11 heteroatoms. The predicted molar refractivity (Wildman–Crippen MR) is 102 cm³/mol. The maximum Gasteiger partial charge on any atom is 0.397 e. The highest BCUT2D eigenvalue weighted by molar-refractivity contribution is 7.85. The molecular formula is C19H22F3N3O4S. The van der Waals surface area contributed by atoms with E-state index in [1.54, 1.807) is 18.3 Å². The van der Waals surface area contributed by atoms with Gasteiger partial charge in [0.1, 0.15) is 12.0 Å². The molecule has 164 valence electrons. The second-order valence-electron chi connectivity index (χ2n) is 7.49. The van der Waals surface area contributed by atoms with Crippen molar-refractivity contribution in [3.63, 3.8) is 0 Å². The molecule has 4 rings (SSSR count). The number of nitrogens with zero attached hydrogens (tertiary/aromatic N) is 2. The molecule has 0 radical (unpaired) electrons. The lowest BCUT2D eigenvalue weighted by atomic mass is 10.0. The summed E-state index contributed by atoms with van der Waals surface area (Å²) in [5.41, 5.74) is 0.145. The zero-order chi connectivity index (χ0) is 22.0. The lowest BCUT2D eigenvalue weighted by molar-refractivity contribution is -0.194. The molecule has 0 unspecified atom stereocenters. The van der Waals surface area contributed by atoms with Crippen LogP contribution in [-0.4, -0.2) is 48.8 Å². The van der Waals surface area contributed by atoms with Crippen molar-refractivity contribution in [2.24, 2.45) is 5.41 Å². The first-order chi connectivity index (χ1) is 14.0. The van der Waals surface area contributed by atoms with Gasteiger partial charge in [0.15, 0.2) is 0 Å². The monoisotopic (exact) mass is 445 g/mol. The van der Waals surface area contributed by atoms with Crippen LogP contribution in [0.1, 0.15) is 30.0 Å². The SMILES string of the molecule is Cc1ccc(S(=O)(=O)O)cc1.FC(F)(F)C1(COc2cnc(C3CNC3)cn2)CC1. The van der Waals surface area contributed by atoms with Crippen LogP contribution in [0.5, 0.6) is 5.88 Å². The van der Waals surface area contributed by atoms with Crippen molar-refractivity contribution in [1.82, 2.24) is 15.3 Å². The molecule has 2 N–H and O–H groups in total. The van der Waals surface area contributed by atoms with Gasteiger partial charge in [-0.3, -0.25) is 9.54 Å². The Morgan fingerprint density at radius 2 is 1.80 bits per heavy atom. The largest absolute Gasteiger partial charge is 0.476 e. The molecule has 1 aliphatic carbocycles. The third-order valence-corrected chi connectivity index (χ3v) is 5.99. The third kappa shape index (κ3) is 5.46. The van der Waals surface area contributed by atoms with Gasteiger partial charge in [0.05, 0.1) is 23.0 Å². The number of hydrogen-bond acceptors (Lipinski definition) is 6. The van der Waals surface area contributed by atoms with Gasteiger partial charge in [0.25, 0.3) is 10.1 Å². The number of benzene rings is 1. The van der Waals surface area contributed by atoms with Gasteiger partial charge < -0.3 is 10.1 Å². The Hall–Kier alpha value is -2.24. The van der Waals surface area contributed by atoms with E-state index in [-0.39, 0.29) is 30.2 Å². The molecule has 2 aromatic rings. The maximum atomic E-state index is 12.7. The molecule has 1 saturated heterocycles. The minimum absolute atomic E-state index is 0.0666.